The maximum absolute atomic E-state index is 13.4. The Morgan fingerprint density at radius 1 is 1.10 bits per heavy atom. The quantitative estimate of drug-likeness (QED) is 0.688. The summed E-state index contributed by atoms with van der Waals surface area (Å²) in [7, 11) is -3.48. The van der Waals surface area contributed by atoms with E-state index in [1.54, 1.807) is 19.1 Å². The molecule has 2 aliphatic rings. The van der Waals surface area contributed by atoms with Gasteiger partial charge >= 0.3 is 5.97 Å². The van der Waals surface area contributed by atoms with Crippen LogP contribution in [0.15, 0.2) is 60.2 Å². The van der Waals surface area contributed by atoms with E-state index >= 15 is 0 Å². The molecular formula is C24H26ClNO4S. The molecule has 0 bridgehead atoms. The van der Waals surface area contributed by atoms with Gasteiger partial charge in [0.2, 0.25) is 0 Å². The van der Waals surface area contributed by atoms with Crippen LogP contribution in [-0.4, -0.2) is 38.0 Å². The third-order valence-corrected chi connectivity index (χ3v) is 8.67. The first-order chi connectivity index (χ1) is 14.9. The summed E-state index contributed by atoms with van der Waals surface area (Å²) in [6.07, 6.45) is 2.12. The van der Waals surface area contributed by atoms with Crippen LogP contribution in [0.1, 0.15) is 43.2 Å². The van der Waals surface area contributed by atoms with Crippen molar-refractivity contribution in [3.63, 3.8) is 0 Å². The summed E-state index contributed by atoms with van der Waals surface area (Å²) in [5.74, 6) is -1.12. The number of benzene rings is 2. The van der Waals surface area contributed by atoms with Crippen LogP contribution in [0.25, 0.3) is 5.70 Å². The minimum atomic E-state index is -3.48. The van der Waals surface area contributed by atoms with Gasteiger partial charge in [-0.25, -0.2) is 13.2 Å². The van der Waals surface area contributed by atoms with Gasteiger partial charge in [-0.2, -0.15) is 0 Å². The molecule has 4 rings (SSSR count). The van der Waals surface area contributed by atoms with Gasteiger partial charge in [-0.05, 0) is 37.0 Å². The number of hydrogen-bond donors (Lipinski definition) is 1. The average molecular weight is 460 g/mol. The lowest BCUT2D eigenvalue weighted by atomic mass is 9.79. The number of nitrogens with one attached hydrogen (secondary N) is 1. The van der Waals surface area contributed by atoms with Crippen molar-refractivity contribution in [2.75, 3.05) is 12.4 Å². The van der Waals surface area contributed by atoms with Crippen LogP contribution in [-0.2, 0) is 19.4 Å². The van der Waals surface area contributed by atoms with E-state index in [4.69, 9.17) is 16.3 Å². The van der Waals surface area contributed by atoms with Crippen molar-refractivity contribution < 1.29 is 17.9 Å². The van der Waals surface area contributed by atoms with Gasteiger partial charge in [0.05, 0.1) is 28.9 Å². The van der Waals surface area contributed by atoms with Crippen molar-refractivity contribution >= 4 is 33.1 Å². The Labute approximate surface area is 188 Å². The van der Waals surface area contributed by atoms with Crippen molar-refractivity contribution in [3.05, 3.63) is 76.3 Å². The molecule has 3 unspecified atom stereocenters. The molecule has 164 valence electrons. The van der Waals surface area contributed by atoms with Gasteiger partial charge in [-0.1, -0.05) is 66.6 Å². The number of esters is 1. The van der Waals surface area contributed by atoms with Crippen LogP contribution < -0.4 is 5.32 Å². The number of fused-ring (bicyclic) bond motifs is 1. The van der Waals surface area contributed by atoms with Crippen molar-refractivity contribution in [3.8, 4) is 0 Å². The summed E-state index contributed by atoms with van der Waals surface area (Å²) in [4.78, 5) is 13.3. The van der Waals surface area contributed by atoms with E-state index < -0.39 is 27.0 Å². The first kappa shape index (κ1) is 21.9. The van der Waals surface area contributed by atoms with E-state index in [2.05, 4.69) is 5.32 Å². The zero-order chi connectivity index (χ0) is 22.0. The van der Waals surface area contributed by atoms with E-state index in [-0.39, 0.29) is 18.4 Å². The summed E-state index contributed by atoms with van der Waals surface area (Å²) in [6, 6.07) is 16.4. The van der Waals surface area contributed by atoms with E-state index in [1.165, 1.54) is 0 Å². The highest BCUT2D eigenvalue weighted by molar-refractivity contribution is 7.92. The number of carbonyl (C=O) groups is 1. The third-order valence-electron chi connectivity index (χ3n) is 6.04. The zero-order valence-corrected chi connectivity index (χ0v) is 19.0. The topological polar surface area (TPSA) is 72.5 Å². The molecule has 0 saturated carbocycles. The van der Waals surface area contributed by atoms with Crippen LogP contribution in [0.2, 0.25) is 5.02 Å². The monoisotopic (exact) mass is 459 g/mol. The van der Waals surface area contributed by atoms with Crippen molar-refractivity contribution in [2.45, 2.75) is 43.4 Å². The first-order valence-corrected chi connectivity index (χ1v) is 12.7. The summed E-state index contributed by atoms with van der Waals surface area (Å²) in [5.41, 5.74) is 2.42. The molecule has 2 heterocycles. The smallest absolute Gasteiger partial charge is 0.336 e. The predicted octanol–water partition coefficient (Wildman–Crippen LogP) is 4.34. The molecule has 3 atom stereocenters. The van der Waals surface area contributed by atoms with Gasteiger partial charge in [-0.3, -0.25) is 0 Å². The fourth-order valence-corrected chi connectivity index (χ4v) is 7.27. The maximum atomic E-state index is 13.4. The van der Waals surface area contributed by atoms with Gasteiger partial charge in [0.15, 0.2) is 9.84 Å². The Hall–Kier alpha value is -2.31. The number of sulfone groups is 1. The lowest BCUT2D eigenvalue weighted by Gasteiger charge is -2.40. The Morgan fingerprint density at radius 2 is 1.81 bits per heavy atom. The molecule has 31 heavy (non-hydrogen) atoms. The van der Waals surface area contributed by atoms with Crippen molar-refractivity contribution in [1.29, 1.82) is 0 Å². The van der Waals surface area contributed by atoms with Crippen LogP contribution in [0.5, 0.6) is 0 Å². The Bertz CT molecular complexity index is 1100. The fraction of sp³-hybridized carbons (Fsp3) is 0.375. The molecule has 5 nitrogen and oxygen atoms in total. The highest BCUT2D eigenvalue weighted by Crippen LogP contribution is 2.45. The van der Waals surface area contributed by atoms with Gasteiger partial charge < -0.3 is 10.1 Å². The second-order valence-corrected chi connectivity index (χ2v) is 10.6. The largest absolute Gasteiger partial charge is 0.463 e. The van der Waals surface area contributed by atoms with E-state index in [1.807, 2.05) is 42.5 Å². The van der Waals surface area contributed by atoms with E-state index in [9.17, 15) is 13.2 Å². The highest BCUT2D eigenvalue weighted by atomic mass is 35.5. The first-order valence-electron chi connectivity index (χ1n) is 10.6. The third kappa shape index (κ3) is 4.23. The maximum Gasteiger partial charge on any atom is 0.336 e. The Balaban J connectivity index is 2.03. The number of ether oxygens (including phenoxy) is 1. The molecule has 0 amide bonds. The second-order valence-electron chi connectivity index (χ2n) is 7.95. The summed E-state index contributed by atoms with van der Waals surface area (Å²) in [6.45, 7) is 1.94. The normalized spacial score (nSPS) is 25.2. The van der Waals surface area contributed by atoms with Gasteiger partial charge in [0.1, 0.15) is 0 Å². The van der Waals surface area contributed by atoms with Gasteiger partial charge in [0, 0.05) is 17.0 Å². The summed E-state index contributed by atoms with van der Waals surface area (Å²) >= 11 is 6.57. The van der Waals surface area contributed by atoms with Gasteiger partial charge in [0.25, 0.3) is 0 Å². The zero-order valence-electron chi connectivity index (χ0n) is 17.4. The Kier molecular flexibility index (Phi) is 6.39. The molecule has 0 spiro atoms. The molecule has 1 saturated heterocycles. The SMILES string of the molecule is CCOC(=O)C1=C(c2ccccc2)NC2CCCCS(=O)(=O)C2C1c1ccccc1Cl. The van der Waals surface area contributed by atoms with Crippen LogP contribution >= 0.6 is 11.6 Å². The average Bonchev–Trinajstić information content (AvgIpc) is 2.91. The van der Waals surface area contributed by atoms with E-state index in [0.717, 1.165) is 12.0 Å². The summed E-state index contributed by atoms with van der Waals surface area (Å²) < 4.78 is 32.3. The second kappa shape index (κ2) is 9.05. The number of halogens is 1. The lowest BCUT2D eigenvalue weighted by molar-refractivity contribution is -0.138. The molecule has 2 aromatic rings. The number of hydrogen-bond acceptors (Lipinski definition) is 5. The van der Waals surface area contributed by atoms with Crippen LogP contribution in [0, 0.1) is 0 Å². The molecule has 1 fully saturated rings. The number of rotatable bonds is 4. The molecule has 1 N–H and O–H groups in total. The molecular weight excluding hydrogens is 434 g/mol. The minimum Gasteiger partial charge on any atom is -0.463 e. The minimum absolute atomic E-state index is 0.105. The molecule has 2 aliphatic heterocycles. The molecule has 0 aliphatic carbocycles. The molecule has 7 heteroatoms. The van der Waals surface area contributed by atoms with E-state index in [0.29, 0.717) is 34.7 Å². The molecule has 0 radical (unpaired) electrons. The fourth-order valence-electron chi connectivity index (χ4n) is 4.74. The lowest BCUT2D eigenvalue weighted by Crippen LogP contribution is -2.52. The van der Waals surface area contributed by atoms with Crippen LogP contribution in [0.4, 0.5) is 0 Å². The Morgan fingerprint density at radius 3 is 2.52 bits per heavy atom. The standard InChI is InChI=1S/C24H26ClNO4S/c1-2-30-24(27)21-20(17-12-6-7-13-18(17)25)23-19(14-8-9-15-31(23,28)29)26-22(21)16-10-4-3-5-11-16/h3-7,10-13,19-20,23,26H,2,8-9,14-15H2,1H3. The van der Waals surface area contributed by atoms with Crippen LogP contribution in [0.3, 0.4) is 0 Å². The predicted molar refractivity (Wildman–Crippen MR) is 123 cm³/mol. The van der Waals surface area contributed by atoms with Gasteiger partial charge in [-0.15, -0.1) is 0 Å². The van der Waals surface area contributed by atoms with Crippen molar-refractivity contribution in [1.82, 2.24) is 5.32 Å². The van der Waals surface area contributed by atoms with Crippen molar-refractivity contribution in [2.24, 2.45) is 0 Å². The highest BCUT2D eigenvalue weighted by Gasteiger charge is 2.49. The molecule has 0 aromatic heterocycles. The molecule has 2 aromatic carbocycles. The number of carbonyl (C=O) groups excluding carboxylic acids is 1. The summed E-state index contributed by atoms with van der Waals surface area (Å²) in [5, 5.41) is 3.09.